The number of carbonyl (C=O) groups is 1. The summed E-state index contributed by atoms with van der Waals surface area (Å²) in [6.45, 7) is 3.62. The molecule has 0 N–H and O–H groups in total. The third-order valence-electron chi connectivity index (χ3n) is 2.45. The number of benzene rings is 1. The molecule has 0 aliphatic rings. The molecule has 0 spiro atoms. The number of aryl methyl sites for hydroxylation is 1. The Kier molecular flexibility index (Phi) is 3.59. The van der Waals surface area contributed by atoms with Crippen molar-refractivity contribution in [1.82, 2.24) is 4.98 Å². The van der Waals surface area contributed by atoms with Crippen LogP contribution in [0, 0.1) is 6.92 Å². The van der Waals surface area contributed by atoms with Crippen molar-refractivity contribution in [3.8, 4) is 0 Å². The van der Waals surface area contributed by atoms with Crippen LogP contribution in [0.15, 0.2) is 52.5 Å². The summed E-state index contributed by atoms with van der Waals surface area (Å²) in [5.74, 6) is 0.0462. The summed E-state index contributed by atoms with van der Waals surface area (Å²) in [5.41, 5.74) is 1.88. The first-order valence-electron chi connectivity index (χ1n) is 5.37. The van der Waals surface area contributed by atoms with Crippen molar-refractivity contribution in [2.24, 2.45) is 0 Å². The van der Waals surface area contributed by atoms with Crippen LogP contribution >= 0.6 is 11.8 Å². The van der Waals surface area contributed by atoms with Crippen LogP contribution < -0.4 is 0 Å². The van der Waals surface area contributed by atoms with Gasteiger partial charge in [0.2, 0.25) is 0 Å². The molecule has 0 saturated heterocycles. The van der Waals surface area contributed by atoms with E-state index in [1.807, 2.05) is 24.3 Å². The van der Waals surface area contributed by atoms with Crippen LogP contribution in [0.5, 0.6) is 0 Å². The topological polar surface area (TPSA) is 30.0 Å². The van der Waals surface area contributed by atoms with Crippen LogP contribution in [-0.2, 0) is 0 Å². The number of pyridine rings is 1. The van der Waals surface area contributed by atoms with Crippen LogP contribution in [0.2, 0.25) is 0 Å². The maximum atomic E-state index is 11.1. The highest BCUT2D eigenvalue weighted by Crippen LogP contribution is 2.28. The molecule has 2 aromatic rings. The van der Waals surface area contributed by atoms with E-state index in [4.69, 9.17) is 0 Å². The summed E-state index contributed by atoms with van der Waals surface area (Å²) in [6, 6.07) is 11.9. The first-order valence-corrected chi connectivity index (χ1v) is 6.19. The Morgan fingerprint density at radius 1 is 1.18 bits per heavy atom. The summed E-state index contributed by atoms with van der Waals surface area (Å²) < 4.78 is 0. The lowest BCUT2D eigenvalue weighted by atomic mass is 10.2. The Labute approximate surface area is 105 Å². The zero-order chi connectivity index (χ0) is 12.3. The van der Waals surface area contributed by atoms with Gasteiger partial charge in [-0.25, -0.2) is 4.98 Å². The summed E-state index contributed by atoms with van der Waals surface area (Å²) in [7, 11) is 0. The average Bonchev–Trinajstić information content (AvgIpc) is 2.33. The monoisotopic (exact) mass is 243 g/mol. The van der Waals surface area contributed by atoms with Crippen molar-refractivity contribution in [3.05, 3.63) is 53.7 Å². The van der Waals surface area contributed by atoms with Crippen molar-refractivity contribution in [1.29, 1.82) is 0 Å². The summed E-state index contributed by atoms with van der Waals surface area (Å²) in [5, 5.41) is 0.907. The van der Waals surface area contributed by atoms with Crippen LogP contribution in [0.3, 0.4) is 0 Å². The van der Waals surface area contributed by atoms with Gasteiger partial charge in [-0.15, -0.1) is 0 Å². The number of hydrogen-bond acceptors (Lipinski definition) is 3. The first-order chi connectivity index (χ1) is 8.16. The standard InChI is InChI=1S/C14H13NOS/c1-10-5-3-4-6-13(10)17-14-8-7-12(9-15-14)11(2)16/h3-9H,1-2H3. The highest BCUT2D eigenvalue weighted by atomic mass is 32.2. The molecule has 0 aliphatic carbocycles. The van der Waals surface area contributed by atoms with E-state index in [2.05, 4.69) is 24.0 Å². The molecule has 2 nitrogen and oxygen atoms in total. The average molecular weight is 243 g/mol. The van der Waals surface area contributed by atoms with E-state index in [1.54, 1.807) is 24.9 Å². The SMILES string of the molecule is CC(=O)c1ccc(Sc2ccccc2C)nc1. The minimum atomic E-state index is 0.0462. The molecule has 0 fully saturated rings. The summed E-state index contributed by atoms with van der Waals surface area (Å²) in [4.78, 5) is 16.6. The van der Waals surface area contributed by atoms with Crippen LogP contribution in [-0.4, -0.2) is 10.8 Å². The van der Waals surface area contributed by atoms with E-state index in [-0.39, 0.29) is 5.78 Å². The molecular weight excluding hydrogens is 230 g/mol. The number of hydrogen-bond donors (Lipinski definition) is 0. The number of rotatable bonds is 3. The van der Waals surface area contributed by atoms with Gasteiger partial charge in [0, 0.05) is 16.7 Å². The van der Waals surface area contributed by atoms with Crippen molar-refractivity contribution < 1.29 is 4.79 Å². The van der Waals surface area contributed by atoms with Crippen molar-refractivity contribution >= 4 is 17.5 Å². The summed E-state index contributed by atoms with van der Waals surface area (Å²) in [6.07, 6.45) is 1.63. The summed E-state index contributed by atoms with van der Waals surface area (Å²) >= 11 is 1.61. The lowest BCUT2D eigenvalue weighted by Crippen LogP contribution is -1.93. The Hall–Kier alpha value is -1.61. The largest absolute Gasteiger partial charge is 0.294 e. The van der Waals surface area contributed by atoms with Crippen LogP contribution in [0.1, 0.15) is 22.8 Å². The van der Waals surface area contributed by atoms with Gasteiger partial charge in [-0.1, -0.05) is 30.0 Å². The Bertz CT molecular complexity index is 534. The van der Waals surface area contributed by atoms with Gasteiger partial charge in [-0.3, -0.25) is 4.79 Å². The fourth-order valence-electron chi connectivity index (χ4n) is 1.43. The minimum absolute atomic E-state index is 0.0462. The van der Waals surface area contributed by atoms with Gasteiger partial charge in [0.25, 0.3) is 0 Å². The van der Waals surface area contributed by atoms with Gasteiger partial charge < -0.3 is 0 Å². The second-order valence-corrected chi connectivity index (χ2v) is 4.87. The molecule has 0 saturated carbocycles. The molecule has 1 heterocycles. The van der Waals surface area contributed by atoms with Gasteiger partial charge in [0.05, 0.1) is 0 Å². The molecule has 2 rings (SSSR count). The van der Waals surface area contributed by atoms with E-state index in [0.29, 0.717) is 5.56 Å². The number of Topliss-reactive ketones (excluding diaryl/α,β-unsaturated/α-hetero) is 1. The number of nitrogens with zero attached hydrogens (tertiary/aromatic N) is 1. The smallest absolute Gasteiger partial charge is 0.161 e. The van der Waals surface area contributed by atoms with E-state index in [0.717, 1.165) is 5.03 Å². The molecule has 3 heteroatoms. The zero-order valence-corrected chi connectivity index (χ0v) is 10.6. The van der Waals surface area contributed by atoms with E-state index in [9.17, 15) is 4.79 Å². The van der Waals surface area contributed by atoms with Gasteiger partial charge in [-0.2, -0.15) is 0 Å². The lowest BCUT2D eigenvalue weighted by molar-refractivity contribution is 0.101. The predicted octanol–water partition coefficient (Wildman–Crippen LogP) is 3.74. The lowest BCUT2D eigenvalue weighted by Gasteiger charge is -2.04. The highest BCUT2D eigenvalue weighted by molar-refractivity contribution is 7.99. The third kappa shape index (κ3) is 2.94. The molecule has 86 valence electrons. The normalized spacial score (nSPS) is 10.2. The first kappa shape index (κ1) is 11.9. The second kappa shape index (κ2) is 5.15. The van der Waals surface area contributed by atoms with E-state index in [1.165, 1.54) is 10.5 Å². The van der Waals surface area contributed by atoms with Gasteiger partial charge >= 0.3 is 0 Å². The van der Waals surface area contributed by atoms with Crippen molar-refractivity contribution in [3.63, 3.8) is 0 Å². The number of aromatic nitrogens is 1. The van der Waals surface area contributed by atoms with E-state index < -0.39 is 0 Å². The number of carbonyl (C=O) groups excluding carboxylic acids is 1. The quantitative estimate of drug-likeness (QED) is 0.769. The fourth-order valence-corrected chi connectivity index (χ4v) is 2.27. The molecular formula is C14H13NOS. The Morgan fingerprint density at radius 3 is 2.53 bits per heavy atom. The van der Waals surface area contributed by atoms with Gasteiger partial charge in [-0.05, 0) is 37.6 Å². The molecule has 1 aromatic carbocycles. The zero-order valence-electron chi connectivity index (χ0n) is 9.81. The molecule has 0 amide bonds. The predicted molar refractivity (Wildman–Crippen MR) is 69.5 cm³/mol. The molecule has 1 aromatic heterocycles. The van der Waals surface area contributed by atoms with Crippen LogP contribution in [0.4, 0.5) is 0 Å². The Morgan fingerprint density at radius 2 is 1.94 bits per heavy atom. The molecule has 0 radical (unpaired) electrons. The van der Waals surface area contributed by atoms with Gasteiger partial charge in [0.15, 0.2) is 5.78 Å². The van der Waals surface area contributed by atoms with Crippen molar-refractivity contribution in [2.75, 3.05) is 0 Å². The van der Waals surface area contributed by atoms with E-state index >= 15 is 0 Å². The highest BCUT2D eigenvalue weighted by Gasteiger charge is 2.03. The number of ketones is 1. The van der Waals surface area contributed by atoms with Crippen LogP contribution in [0.25, 0.3) is 0 Å². The molecule has 17 heavy (non-hydrogen) atoms. The maximum Gasteiger partial charge on any atom is 0.161 e. The minimum Gasteiger partial charge on any atom is -0.294 e. The maximum absolute atomic E-state index is 11.1. The molecule has 0 unspecified atom stereocenters. The fraction of sp³-hybridized carbons (Fsp3) is 0.143. The molecule has 0 atom stereocenters. The molecule has 0 aliphatic heterocycles. The Balaban J connectivity index is 2.20. The van der Waals surface area contributed by atoms with Gasteiger partial charge in [0.1, 0.15) is 5.03 Å². The second-order valence-electron chi connectivity index (χ2n) is 3.81. The third-order valence-corrected chi connectivity index (χ3v) is 3.58. The molecule has 0 bridgehead atoms. The van der Waals surface area contributed by atoms with Crippen molar-refractivity contribution in [2.45, 2.75) is 23.8 Å².